The molecule has 2 fully saturated rings. The summed E-state index contributed by atoms with van der Waals surface area (Å²) in [5, 5.41) is 4.32. The van der Waals surface area contributed by atoms with Gasteiger partial charge >= 0.3 is 0 Å². The lowest BCUT2D eigenvalue weighted by Crippen LogP contribution is -2.31. The molecule has 1 atom stereocenters. The third-order valence-electron chi connectivity index (χ3n) is 4.51. The first-order valence-corrected chi connectivity index (χ1v) is 8.22. The number of hydrogen-bond donors (Lipinski definition) is 0. The van der Waals surface area contributed by atoms with Crippen molar-refractivity contribution in [3.8, 4) is 0 Å². The van der Waals surface area contributed by atoms with Crippen molar-refractivity contribution in [1.82, 2.24) is 24.5 Å². The van der Waals surface area contributed by atoms with Gasteiger partial charge in [-0.25, -0.2) is 9.50 Å². The van der Waals surface area contributed by atoms with Crippen LogP contribution >= 0.6 is 0 Å². The van der Waals surface area contributed by atoms with Gasteiger partial charge in [-0.1, -0.05) is 0 Å². The number of likely N-dealkylation sites (tertiary alicyclic amines) is 1. The van der Waals surface area contributed by atoms with E-state index in [1.54, 1.807) is 9.42 Å². The summed E-state index contributed by atoms with van der Waals surface area (Å²) in [5.41, 5.74) is 1.79. The van der Waals surface area contributed by atoms with Crippen molar-refractivity contribution in [3.05, 3.63) is 23.3 Å². The van der Waals surface area contributed by atoms with Crippen molar-refractivity contribution in [2.24, 2.45) is 5.92 Å². The number of hydrogen-bond acceptors (Lipinski definition) is 5. The molecule has 23 heavy (non-hydrogen) atoms. The number of amides is 1. The van der Waals surface area contributed by atoms with Crippen molar-refractivity contribution in [2.75, 3.05) is 19.7 Å². The Morgan fingerprint density at radius 3 is 2.91 bits per heavy atom. The van der Waals surface area contributed by atoms with E-state index in [2.05, 4.69) is 15.1 Å². The van der Waals surface area contributed by atoms with E-state index in [1.807, 2.05) is 19.9 Å². The first-order chi connectivity index (χ1) is 11.1. The van der Waals surface area contributed by atoms with Gasteiger partial charge in [-0.3, -0.25) is 4.79 Å². The number of ether oxygens (including phenoxy) is 1. The van der Waals surface area contributed by atoms with Gasteiger partial charge in [0.15, 0.2) is 0 Å². The van der Waals surface area contributed by atoms with Crippen LogP contribution in [-0.2, 0) is 4.74 Å². The fourth-order valence-electron chi connectivity index (χ4n) is 3.00. The quantitative estimate of drug-likeness (QED) is 0.852. The average molecular weight is 315 g/mol. The molecule has 0 bridgehead atoms. The number of nitrogens with zero attached hydrogens (tertiary/aromatic N) is 5. The Labute approximate surface area is 134 Å². The summed E-state index contributed by atoms with van der Waals surface area (Å²) >= 11 is 0. The lowest BCUT2D eigenvalue weighted by Gasteiger charge is -2.14. The lowest BCUT2D eigenvalue weighted by molar-refractivity contribution is 0.0477. The maximum Gasteiger partial charge on any atom is 0.293 e. The van der Waals surface area contributed by atoms with Crippen LogP contribution < -0.4 is 0 Å². The van der Waals surface area contributed by atoms with Crippen LogP contribution in [-0.4, -0.2) is 56.2 Å². The van der Waals surface area contributed by atoms with Crippen LogP contribution in [0.4, 0.5) is 0 Å². The average Bonchev–Trinajstić information content (AvgIpc) is 3.06. The van der Waals surface area contributed by atoms with Crippen LogP contribution in [0.15, 0.2) is 6.07 Å². The molecule has 0 N–H and O–H groups in total. The molecule has 7 heteroatoms. The first kappa shape index (κ1) is 14.6. The molecule has 0 aromatic carbocycles. The second kappa shape index (κ2) is 5.56. The van der Waals surface area contributed by atoms with Gasteiger partial charge in [-0.15, -0.1) is 5.10 Å². The molecule has 1 amide bonds. The maximum atomic E-state index is 12.6. The summed E-state index contributed by atoms with van der Waals surface area (Å²) in [4.78, 5) is 23.0. The van der Waals surface area contributed by atoms with Crippen molar-refractivity contribution in [3.63, 3.8) is 0 Å². The van der Waals surface area contributed by atoms with E-state index in [4.69, 9.17) is 4.74 Å². The van der Waals surface area contributed by atoms with Gasteiger partial charge in [0.1, 0.15) is 0 Å². The first-order valence-electron chi connectivity index (χ1n) is 8.22. The molecule has 2 aromatic rings. The fraction of sp³-hybridized carbons (Fsp3) is 0.625. The normalized spacial score (nSPS) is 21.3. The highest BCUT2D eigenvalue weighted by molar-refractivity contribution is 5.91. The Kier molecular flexibility index (Phi) is 3.52. The van der Waals surface area contributed by atoms with E-state index in [0.717, 1.165) is 30.3 Å². The Balaban J connectivity index is 1.47. The summed E-state index contributed by atoms with van der Waals surface area (Å²) in [6.07, 6.45) is 3.61. The SMILES string of the molecule is Cc1cc(C)n2nc(C(=O)N3CCC(OCC4CC4)C3)nc2n1. The van der Waals surface area contributed by atoms with Gasteiger partial charge in [-0.05, 0) is 45.1 Å². The standard InChI is InChI=1S/C16H21N5O2/c1-10-7-11(2)21-16(17-10)18-14(19-21)15(22)20-6-5-13(8-20)23-9-12-3-4-12/h7,12-13H,3-6,8-9H2,1-2H3. The zero-order valence-electron chi connectivity index (χ0n) is 13.5. The summed E-state index contributed by atoms with van der Waals surface area (Å²) in [6.45, 7) is 6.01. The summed E-state index contributed by atoms with van der Waals surface area (Å²) < 4.78 is 7.51. The van der Waals surface area contributed by atoms with Gasteiger partial charge in [-0.2, -0.15) is 4.98 Å². The van der Waals surface area contributed by atoms with Crippen molar-refractivity contribution >= 4 is 11.7 Å². The third-order valence-corrected chi connectivity index (χ3v) is 4.51. The smallest absolute Gasteiger partial charge is 0.293 e. The number of carbonyl (C=O) groups excluding carboxylic acids is 1. The zero-order chi connectivity index (χ0) is 16.0. The lowest BCUT2D eigenvalue weighted by atomic mass is 10.3. The molecule has 7 nitrogen and oxygen atoms in total. The molecule has 1 unspecified atom stereocenters. The number of rotatable bonds is 4. The van der Waals surface area contributed by atoms with Crippen molar-refractivity contribution in [2.45, 2.75) is 39.2 Å². The minimum atomic E-state index is -0.134. The van der Waals surface area contributed by atoms with E-state index >= 15 is 0 Å². The molecule has 1 aliphatic heterocycles. The predicted molar refractivity (Wildman–Crippen MR) is 83.2 cm³/mol. The minimum absolute atomic E-state index is 0.134. The maximum absolute atomic E-state index is 12.6. The van der Waals surface area contributed by atoms with Gasteiger partial charge in [0.2, 0.25) is 5.82 Å². The Bertz CT molecular complexity index is 752. The highest BCUT2D eigenvalue weighted by Gasteiger charge is 2.31. The Morgan fingerprint density at radius 2 is 2.13 bits per heavy atom. The van der Waals surface area contributed by atoms with Crippen LogP contribution in [0.5, 0.6) is 0 Å². The summed E-state index contributed by atoms with van der Waals surface area (Å²) in [7, 11) is 0. The molecule has 122 valence electrons. The van der Waals surface area contributed by atoms with Crippen LogP contribution in [0.3, 0.4) is 0 Å². The topological polar surface area (TPSA) is 72.6 Å². The third kappa shape index (κ3) is 2.93. The zero-order valence-corrected chi connectivity index (χ0v) is 13.5. The molecule has 4 rings (SSSR count). The molecule has 3 heterocycles. The Morgan fingerprint density at radius 1 is 1.30 bits per heavy atom. The van der Waals surface area contributed by atoms with Crippen molar-refractivity contribution < 1.29 is 9.53 Å². The summed E-state index contributed by atoms with van der Waals surface area (Å²) in [5.74, 6) is 1.31. The Hall–Kier alpha value is -2.02. The minimum Gasteiger partial charge on any atom is -0.376 e. The molecule has 1 aliphatic carbocycles. The van der Waals surface area contributed by atoms with Gasteiger partial charge in [0.05, 0.1) is 6.10 Å². The second-order valence-corrected chi connectivity index (χ2v) is 6.62. The second-order valence-electron chi connectivity index (χ2n) is 6.62. The molecule has 2 aliphatic rings. The molecule has 1 saturated carbocycles. The summed E-state index contributed by atoms with van der Waals surface area (Å²) in [6, 6.07) is 1.92. The van der Waals surface area contributed by atoms with Gasteiger partial charge in [0, 0.05) is 31.1 Å². The predicted octanol–water partition coefficient (Wildman–Crippen LogP) is 1.38. The van der Waals surface area contributed by atoms with Gasteiger partial charge < -0.3 is 9.64 Å². The van der Waals surface area contributed by atoms with E-state index in [9.17, 15) is 4.79 Å². The number of carbonyl (C=O) groups is 1. The molecular weight excluding hydrogens is 294 g/mol. The highest BCUT2D eigenvalue weighted by Crippen LogP contribution is 2.30. The highest BCUT2D eigenvalue weighted by atomic mass is 16.5. The van der Waals surface area contributed by atoms with E-state index in [1.165, 1.54) is 12.8 Å². The largest absolute Gasteiger partial charge is 0.376 e. The fourth-order valence-corrected chi connectivity index (χ4v) is 3.00. The van der Waals surface area contributed by atoms with Crippen LogP contribution in [0.25, 0.3) is 5.78 Å². The monoisotopic (exact) mass is 315 g/mol. The van der Waals surface area contributed by atoms with E-state index < -0.39 is 0 Å². The van der Waals surface area contributed by atoms with Crippen LogP contribution in [0.2, 0.25) is 0 Å². The number of aromatic nitrogens is 4. The van der Waals surface area contributed by atoms with E-state index in [0.29, 0.717) is 18.9 Å². The molecular formula is C16H21N5O2. The van der Waals surface area contributed by atoms with E-state index in [-0.39, 0.29) is 17.8 Å². The van der Waals surface area contributed by atoms with Crippen molar-refractivity contribution in [1.29, 1.82) is 0 Å². The van der Waals surface area contributed by atoms with Crippen LogP contribution in [0.1, 0.15) is 41.3 Å². The van der Waals surface area contributed by atoms with Gasteiger partial charge in [0.25, 0.3) is 11.7 Å². The molecule has 0 radical (unpaired) electrons. The molecule has 0 spiro atoms. The molecule has 1 saturated heterocycles. The van der Waals surface area contributed by atoms with Crippen LogP contribution in [0, 0.1) is 19.8 Å². The number of fused-ring (bicyclic) bond motifs is 1. The number of aryl methyl sites for hydroxylation is 2. The molecule has 2 aromatic heterocycles.